The lowest BCUT2D eigenvalue weighted by atomic mass is 10.2. The molecule has 1 aromatic carbocycles. The Kier molecular flexibility index (Phi) is 7.16. The van der Waals surface area contributed by atoms with Crippen LogP contribution in [0.3, 0.4) is 0 Å². The summed E-state index contributed by atoms with van der Waals surface area (Å²) in [5.74, 6) is 0.340. The number of benzene rings is 1. The van der Waals surface area contributed by atoms with Gasteiger partial charge >= 0.3 is 5.97 Å². The van der Waals surface area contributed by atoms with Gasteiger partial charge in [-0.2, -0.15) is 5.10 Å². The average molecular weight is 446 g/mol. The average Bonchev–Trinajstić information content (AvgIpc) is 3.11. The maximum absolute atomic E-state index is 11.2. The Morgan fingerprint density at radius 3 is 2.57 bits per heavy atom. The van der Waals surface area contributed by atoms with E-state index in [1.54, 1.807) is 24.0 Å². The highest BCUT2D eigenvalue weighted by atomic mass is 79.9. The molecule has 0 bridgehead atoms. The van der Waals surface area contributed by atoms with Crippen LogP contribution in [0.2, 0.25) is 0 Å². The summed E-state index contributed by atoms with van der Waals surface area (Å²) in [6, 6.07) is 11.4. The Bertz CT molecular complexity index is 898. The van der Waals surface area contributed by atoms with Gasteiger partial charge in [-0.05, 0) is 59.3 Å². The van der Waals surface area contributed by atoms with Crippen molar-refractivity contribution in [3.05, 3.63) is 59.5 Å². The van der Waals surface area contributed by atoms with Crippen molar-refractivity contribution in [1.82, 2.24) is 14.8 Å². The second-order valence-electron chi connectivity index (χ2n) is 5.71. The van der Waals surface area contributed by atoms with E-state index in [4.69, 9.17) is 14.2 Å². The molecule has 3 rings (SSSR count). The molecule has 0 unspecified atom stereocenters. The summed E-state index contributed by atoms with van der Waals surface area (Å²) in [4.78, 5) is 15.2. The van der Waals surface area contributed by atoms with E-state index in [9.17, 15) is 4.79 Å². The smallest absolute Gasteiger partial charge is 0.332 e. The van der Waals surface area contributed by atoms with E-state index in [0.717, 1.165) is 21.4 Å². The topological polar surface area (TPSA) is 75.5 Å². The molecule has 146 valence electrons. The number of carbonyl (C=O) groups is 1. The van der Waals surface area contributed by atoms with Crippen LogP contribution in [-0.2, 0) is 14.3 Å². The normalized spacial score (nSPS) is 10.6. The van der Waals surface area contributed by atoms with E-state index in [1.807, 2.05) is 42.6 Å². The van der Waals surface area contributed by atoms with Crippen molar-refractivity contribution in [2.45, 2.75) is 6.92 Å². The van der Waals surface area contributed by atoms with Gasteiger partial charge < -0.3 is 14.2 Å². The third-order valence-corrected chi connectivity index (χ3v) is 4.33. The zero-order chi connectivity index (χ0) is 19.8. The van der Waals surface area contributed by atoms with Crippen molar-refractivity contribution in [2.75, 3.05) is 26.4 Å². The lowest BCUT2D eigenvalue weighted by Crippen LogP contribution is -2.15. The third kappa shape index (κ3) is 5.40. The predicted octanol–water partition coefficient (Wildman–Crippen LogP) is 3.66. The maximum Gasteiger partial charge on any atom is 0.332 e. The molecule has 0 fully saturated rings. The number of halogens is 1. The van der Waals surface area contributed by atoms with Crippen LogP contribution in [-0.4, -0.2) is 47.2 Å². The molecule has 0 radical (unpaired) electrons. The summed E-state index contributed by atoms with van der Waals surface area (Å²) >= 11 is 3.56. The lowest BCUT2D eigenvalue weighted by molar-refractivity contribution is -0.148. The van der Waals surface area contributed by atoms with E-state index < -0.39 is 0 Å². The lowest BCUT2D eigenvalue weighted by Gasteiger charge is -2.08. The van der Waals surface area contributed by atoms with Crippen LogP contribution in [0.4, 0.5) is 0 Å². The molecule has 0 N–H and O–H groups in total. The number of esters is 1. The van der Waals surface area contributed by atoms with Gasteiger partial charge in [0.2, 0.25) is 0 Å². The van der Waals surface area contributed by atoms with Crippen molar-refractivity contribution >= 4 is 21.9 Å². The fourth-order valence-electron chi connectivity index (χ4n) is 2.46. The van der Waals surface area contributed by atoms with Crippen molar-refractivity contribution in [3.8, 4) is 22.7 Å². The first kappa shape index (κ1) is 20.0. The molecule has 0 saturated heterocycles. The van der Waals surface area contributed by atoms with Gasteiger partial charge in [0.15, 0.2) is 0 Å². The molecule has 0 spiro atoms. The minimum Gasteiger partial charge on any atom is -0.491 e. The number of nitrogens with zero attached hydrogens (tertiary/aromatic N) is 3. The van der Waals surface area contributed by atoms with E-state index in [-0.39, 0.29) is 12.6 Å². The van der Waals surface area contributed by atoms with Crippen LogP contribution in [0.5, 0.6) is 5.75 Å². The highest BCUT2D eigenvalue weighted by Gasteiger charge is 2.10. The number of ether oxygens (including phenoxy) is 3. The molecule has 8 heteroatoms. The summed E-state index contributed by atoms with van der Waals surface area (Å²) in [5.41, 5.74) is 2.75. The molecule has 3 aromatic rings. The summed E-state index contributed by atoms with van der Waals surface area (Å²) in [6.45, 7) is 2.69. The van der Waals surface area contributed by atoms with E-state index >= 15 is 0 Å². The van der Waals surface area contributed by atoms with Gasteiger partial charge in [-0.15, -0.1) is 0 Å². The van der Waals surface area contributed by atoms with E-state index in [0.29, 0.717) is 25.6 Å². The van der Waals surface area contributed by atoms with Crippen LogP contribution in [0.25, 0.3) is 16.9 Å². The molecule has 0 atom stereocenters. The first-order chi connectivity index (χ1) is 13.7. The van der Waals surface area contributed by atoms with Gasteiger partial charge in [-0.3, -0.25) is 4.98 Å². The Morgan fingerprint density at radius 2 is 1.86 bits per heavy atom. The minimum absolute atomic E-state index is 0.0654. The predicted molar refractivity (Wildman–Crippen MR) is 107 cm³/mol. The second kappa shape index (κ2) is 10.0. The van der Waals surface area contributed by atoms with Gasteiger partial charge in [0.05, 0.1) is 23.4 Å². The Hall–Kier alpha value is -2.71. The van der Waals surface area contributed by atoms with Crippen LogP contribution in [0, 0.1) is 0 Å². The van der Waals surface area contributed by atoms with E-state index in [2.05, 4.69) is 26.0 Å². The molecule has 0 amide bonds. The molecule has 0 aliphatic carbocycles. The number of rotatable bonds is 9. The second-order valence-corrected chi connectivity index (χ2v) is 6.56. The first-order valence-electron chi connectivity index (χ1n) is 8.79. The molecular weight excluding hydrogens is 426 g/mol. The number of hydrogen-bond acceptors (Lipinski definition) is 6. The van der Waals surface area contributed by atoms with E-state index in [1.165, 1.54) is 0 Å². The Balaban J connectivity index is 1.54. The van der Waals surface area contributed by atoms with Crippen LogP contribution < -0.4 is 4.74 Å². The fraction of sp³-hybridized carbons (Fsp3) is 0.250. The Morgan fingerprint density at radius 1 is 1.11 bits per heavy atom. The maximum atomic E-state index is 11.2. The van der Waals surface area contributed by atoms with Crippen molar-refractivity contribution < 1.29 is 19.0 Å². The Labute approximate surface area is 171 Å². The molecule has 2 aromatic heterocycles. The highest BCUT2D eigenvalue weighted by Crippen LogP contribution is 2.27. The summed E-state index contributed by atoms with van der Waals surface area (Å²) < 4.78 is 18.3. The molecule has 0 aliphatic rings. The van der Waals surface area contributed by atoms with Crippen LogP contribution >= 0.6 is 15.9 Å². The molecular formula is C20H20BrN3O4. The molecule has 0 aliphatic heterocycles. The number of aromatic nitrogens is 3. The van der Waals surface area contributed by atoms with Gasteiger partial charge in [-0.1, -0.05) is 0 Å². The molecule has 28 heavy (non-hydrogen) atoms. The van der Waals surface area contributed by atoms with Crippen LogP contribution in [0.1, 0.15) is 6.92 Å². The fourth-order valence-corrected chi connectivity index (χ4v) is 2.96. The first-order valence-corrected chi connectivity index (χ1v) is 9.59. The summed E-state index contributed by atoms with van der Waals surface area (Å²) in [7, 11) is 0. The van der Waals surface area contributed by atoms with Crippen molar-refractivity contribution in [3.63, 3.8) is 0 Å². The summed E-state index contributed by atoms with van der Waals surface area (Å²) in [6.07, 6.45) is 5.39. The largest absolute Gasteiger partial charge is 0.491 e. The molecule has 2 heterocycles. The minimum atomic E-state index is -0.372. The summed E-state index contributed by atoms with van der Waals surface area (Å²) in [5, 5.41) is 4.64. The SMILES string of the molecule is CCOC(=O)COCCOc1ccc(-n2cc(Br)c(-c3ccncc3)n2)cc1. The van der Waals surface area contributed by atoms with Gasteiger partial charge in [0.25, 0.3) is 0 Å². The van der Waals surface area contributed by atoms with Crippen molar-refractivity contribution in [2.24, 2.45) is 0 Å². The zero-order valence-electron chi connectivity index (χ0n) is 15.4. The number of pyridine rings is 1. The van der Waals surface area contributed by atoms with Gasteiger partial charge in [0.1, 0.15) is 24.7 Å². The number of carbonyl (C=O) groups excluding carboxylic acids is 1. The van der Waals surface area contributed by atoms with Gasteiger partial charge in [0, 0.05) is 24.2 Å². The molecule has 0 saturated carbocycles. The third-order valence-electron chi connectivity index (χ3n) is 3.75. The van der Waals surface area contributed by atoms with Crippen molar-refractivity contribution in [1.29, 1.82) is 0 Å². The van der Waals surface area contributed by atoms with Crippen LogP contribution in [0.15, 0.2) is 59.5 Å². The highest BCUT2D eigenvalue weighted by molar-refractivity contribution is 9.10. The zero-order valence-corrected chi connectivity index (χ0v) is 17.0. The molecule has 7 nitrogen and oxygen atoms in total. The number of hydrogen-bond donors (Lipinski definition) is 0. The van der Waals surface area contributed by atoms with Gasteiger partial charge in [-0.25, -0.2) is 9.48 Å². The quantitative estimate of drug-likeness (QED) is 0.369. The standard InChI is InChI=1S/C20H20BrN3O4/c1-2-27-19(25)14-26-11-12-28-17-5-3-16(4-6-17)24-13-18(21)20(23-24)15-7-9-22-10-8-15/h3-10,13H,2,11-12,14H2,1H3. The monoisotopic (exact) mass is 445 g/mol.